The normalized spacial score (nSPS) is 10.7. The van der Waals surface area contributed by atoms with E-state index in [2.05, 4.69) is 53.2 Å². The summed E-state index contributed by atoms with van der Waals surface area (Å²) in [7, 11) is 0. The Kier molecular flexibility index (Phi) is 7.58. The van der Waals surface area contributed by atoms with Crippen LogP contribution in [0.15, 0.2) is 30.3 Å². The van der Waals surface area contributed by atoms with Crippen LogP contribution in [-0.2, 0) is 0 Å². The molecule has 6 heteroatoms. The molecule has 6 nitrogen and oxygen atoms in total. The number of nitrogens with zero attached hydrogens (tertiary/aromatic N) is 3. The molecule has 2 rings (SSSR count). The largest absolute Gasteiger partial charge is 0.372 e. The van der Waals surface area contributed by atoms with Gasteiger partial charge in [-0.05, 0) is 63.4 Å². The highest BCUT2D eigenvalue weighted by atomic mass is 16.1. The van der Waals surface area contributed by atoms with Crippen molar-refractivity contribution in [1.82, 2.24) is 9.97 Å². The second-order valence-electron chi connectivity index (χ2n) is 7.00. The summed E-state index contributed by atoms with van der Waals surface area (Å²) in [5.41, 5.74) is 3.02. The first kappa shape index (κ1) is 20.7. The molecule has 0 fully saturated rings. The van der Waals surface area contributed by atoms with E-state index >= 15 is 0 Å². The second-order valence-corrected chi connectivity index (χ2v) is 7.00. The van der Waals surface area contributed by atoms with Crippen molar-refractivity contribution in [1.29, 1.82) is 0 Å². The number of hydrogen-bond donors (Lipinski definition) is 2. The molecule has 2 aromatic rings. The van der Waals surface area contributed by atoms with Gasteiger partial charge in [0.05, 0.1) is 0 Å². The van der Waals surface area contributed by atoms with Crippen molar-refractivity contribution in [3.8, 4) is 0 Å². The SMILES string of the molecule is CCN(CC)c1ccc(NC(=O)c2cc(C)nc(NCCC(C)C)n2)cc1. The number of carbonyl (C=O) groups excluding carboxylic acids is 1. The van der Waals surface area contributed by atoms with Gasteiger partial charge in [-0.25, -0.2) is 9.97 Å². The van der Waals surface area contributed by atoms with E-state index in [-0.39, 0.29) is 5.91 Å². The third-order valence-corrected chi connectivity index (χ3v) is 4.35. The van der Waals surface area contributed by atoms with Crippen molar-refractivity contribution in [2.75, 3.05) is 35.2 Å². The van der Waals surface area contributed by atoms with Gasteiger partial charge in [0.25, 0.3) is 5.91 Å². The molecule has 0 aliphatic heterocycles. The molecule has 2 N–H and O–H groups in total. The van der Waals surface area contributed by atoms with Gasteiger partial charge in [-0.1, -0.05) is 13.8 Å². The van der Waals surface area contributed by atoms with Crippen LogP contribution in [-0.4, -0.2) is 35.5 Å². The summed E-state index contributed by atoms with van der Waals surface area (Å²) in [5.74, 6) is 0.866. The number of aromatic nitrogens is 2. The van der Waals surface area contributed by atoms with Gasteiger partial charge < -0.3 is 15.5 Å². The molecule has 1 aromatic carbocycles. The highest BCUT2D eigenvalue weighted by molar-refractivity contribution is 6.03. The molecule has 0 atom stereocenters. The van der Waals surface area contributed by atoms with Crippen LogP contribution in [0.5, 0.6) is 0 Å². The monoisotopic (exact) mass is 369 g/mol. The average molecular weight is 370 g/mol. The molecular formula is C21H31N5O. The van der Waals surface area contributed by atoms with Gasteiger partial charge in [-0.2, -0.15) is 0 Å². The Morgan fingerprint density at radius 1 is 1.11 bits per heavy atom. The van der Waals surface area contributed by atoms with E-state index in [1.807, 2.05) is 31.2 Å². The lowest BCUT2D eigenvalue weighted by Crippen LogP contribution is -2.21. The number of amides is 1. The number of rotatable bonds is 9. The summed E-state index contributed by atoms with van der Waals surface area (Å²) in [6.07, 6.45) is 1.03. The van der Waals surface area contributed by atoms with Crippen LogP contribution in [0.2, 0.25) is 0 Å². The van der Waals surface area contributed by atoms with Crippen molar-refractivity contribution < 1.29 is 4.79 Å². The van der Waals surface area contributed by atoms with Crippen LogP contribution in [0.3, 0.4) is 0 Å². The molecule has 0 bridgehead atoms. The Bertz CT molecular complexity index is 739. The summed E-state index contributed by atoms with van der Waals surface area (Å²) >= 11 is 0. The fraction of sp³-hybridized carbons (Fsp3) is 0.476. The van der Waals surface area contributed by atoms with Crippen molar-refractivity contribution >= 4 is 23.2 Å². The smallest absolute Gasteiger partial charge is 0.274 e. The van der Waals surface area contributed by atoms with E-state index in [4.69, 9.17) is 0 Å². The fourth-order valence-electron chi connectivity index (χ4n) is 2.78. The standard InChI is InChI=1S/C21H31N5O/c1-6-26(7-2)18-10-8-17(9-11-18)24-20(27)19-14-16(5)23-21(25-19)22-13-12-15(3)4/h8-11,14-15H,6-7,12-13H2,1-5H3,(H,24,27)(H,22,23,25). The molecule has 0 spiro atoms. The second kappa shape index (κ2) is 9.90. The molecule has 1 amide bonds. The zero-order valence-corrected chi connectivity index (χ0v) is 17.0. The van der Waals surface area contributed by atoms with E-state index in [1.165, 1.54) is 0 Å². The minimum Gasteiger partial charge on any atom is -0.372 e. The first-order chi connectivity index (χ1) is 12.9. The Balaban J connectivity index is 2.05. The van der Waals surface area contributed by atoms with Crippen LogP contribution in [0.25, 0.3) is 0 Å². The van der Waals surface area contributed by atoms with Gasteiger partial charge in [0.2, 0.25) is 5.95 Å². The Morgan fingerprint density at radius 2 is 1.78 bits per heavy atom. The maximum absolute atomic E-state index is 12.6. The van der Waals surface area contributed by atoms with Crippen molar-refractivity contribution in [2.24, 2.45) is 5.92 Å². The molecule has 1 heterocycles. The molecular weight excluding hydrogens is 338 g/mol. The van der Waals surface area contributed by atoms with E-state index in [1.54, 1.807) is 6.07 Å². The number of benzene rings is 1. The van der Waals surface area contributed by atoms with Crippen LogP contribution in [0, 0.1) is 12.8 Å². The van der Waals surface area contributed by atoms with Crippen LogP contribution >= 0.6 is 0 Å². The third-order valence-electron chi connectivity index (χ3n) is 4.35. The van der Waals surface area contributed by atoms with Gasteiger partial charge in [0.1, 0.15) is 5.69 Å². The molecule has 1 aromatic heterocycles. The van der Waals surface area contributed by atoms with Crippen molar-refractivity contribution in [3.05, 3.63) is 41.7 Å². The molecule has 0 unspecified atom stereocenters. The molecule has 0 aliphatic carbocycles. The quantitative estimate of drug-likeness (QED) is 0.688. The van der Waals surface area contributed by atoms with Gasteiger partial charge in [-0.15, -0.1) is 0 Å². The lowest BCUT2D eigenvalue weighted by Gasteiger charge is -2.21. The fourth-order valence-corrected chi connectivity index (χ4v) is 2.78. The number of nitrogens with one attached hydrogen (secondary N) is 2. The summed E-state index contributed by atoms with van der Waals surface area (Å²) in [6, 6.07) is 9.58. The minimum absolute atomic E-state index is 0.233. The Morgan fingerprint density at radius 3 is 2.37 bits per heavy atom. The number of anilines is 3. The number of carbonyl (C=O) groups is 1. The zero-order valence-electron chi connectivity index (χ0n) is 17.0. The Hall–Kier alpha value is -2.63. The Labute approximate surface area is 162 Å². The average Bonchev–Trinajstić information content (AvgIpc) is 2.63. The van der Waals surface area contributed by atoms with Gasteiger partial charge in [0.15, 0.2) is 0 Å². The maximum Gasteiger partial charge on any atom is 0.274 e. The van der Waals surface area contributed by atoms with Crippen LogP contribution in [0.4, 0.5) is 17.3 Å². The molecule has 0 aliphatic rings. The number of aryl methyl sites for hydroxylation is 1. The predicted molar refractivity (Wildman–Crippen MR) is 113 cm³/mol. The molecule has 27 heavy (non-hydrogen) atoms. The topological polar surface area (TPSA) is 70.2 Å². The van der Waals surface area contributed by atoms with Crippen molar-refractivity contribution in [3.63, 3.8) is 0 Å². The number of hydrogen-bond acceptors (Lipinski definition) is 5. The summed E-state index contributed by atoms with van der Waals surface area (Å²) in [5, 5.41) is 6.11. The van der Waals surface area contributed by atoms with E-state index < -0.39 is 0 Å². The highest BCUT2D eigenvalue weighted by Gasteiger charge is 2.11. The van der Waals surface area contributed by atoms with Gasteiger partial charge in [-0.3, -0.25) is 4.79 Å². The van der Waals surface area contributed by atoms with E-state index in [9.17, 15) is 4.79 Å². The maximum atomic E-state index is 12.6. The van der Waals surface area contributed by atoms with Crippen LogP contribution in [0.1, 0.15) is 50.3 Å². The van der Waals surface area contributed by atoms with Gasteiger partial charge >= 0.3 is 0 Å². The molecule has 0 saturated carbocycles. The molecule has 0 saturated heterocycles. The first-order valence-corrected chi connectivity index (χ1v) is 9.68. The third kappa shape index (κ3) is 6.24. The first-order valence-electron chi connectivity index (χ1n) is 9.68. The molecule has 0 radical (unpaired) electrons. The van der Waals surface area contributed by atoms with Gasteiger partial charge in [0, 0.05) is 36.7 Å². The molecule has 146 valence electrons. The zero-order chi connectivity index (χ0) is 19.8. The van der Waals surface area contributed by atoms with Crippen molar-refractivity contribution in [2.45, 2.75) is 41.0 Å². The lowest BCUT2D eigenvalue weighted by molar-refractivity contribution is 0.102. The minimum atomic E-state index is -0.233. The summed E-state index contributed by atoms with van der Waals surface area (Å²) in [6.45, 7) is 13.2. The summed E-state index contributed by atoms with van der Waals surface area (Å²) in [4.78, 5) is 23.6. The van der Waals surface area contributed by atoms with E-state index in [0.717, 1.165) is 43.1 Å². The lowest BCUT2D eigenvalue weighted by atomic mass is 10.1. The van der Waals surface area contributed by atoms with Crippen LogP contribution < -0.4 is 15.5 Å². The predicted octanol–water partition coefficient (Wildman–Crippen LogP) is 4.34. The van der Waals surface area contributed by atoms with E-state index in [0.29, 0.717) is 17.6 Å². The highest BCUT2D eigenvalue weighted by Crippen LogP contribution is 2.18. The summed E-state index contributed by atoms with van der Waals surface area (Å²) < 4.78 is 0.